The van der Waals surface area contributed by atoms with E-state index >= 15 is 0 Å². The highest BCUT2D eigenvalue weighted by atomic mass is 15.3. The van der Waals surface area contributed by atoms with Crippen LogP contribution in [-0.4, -0.2) is 22.5 Å². The molecular weight excluding hydrogens is 194 g/mol. The molecule has 0 aliphatic carbocycles. The number of rotatable bonds is 0. The molecule has 0 amide bonds. The van der Waals surface area contributed by atoms with E-state index in [9.17, 15) is 0 Å². The first-order valence-corrected chi connectivity index (χ1v) is 6.76. The average Bonchev–Trinajstić information content (AvgIpc) is 2.19. The number of hydrogen-bond donors (Lipinski definition) is 0. The molecule has 96 valence electrons. The Morgan fingerprint density at radius 3 is 1.38 bits per heavy atom. The van der Waals surface area contributed by atoms with Crippen molar-refractivity contribution in [2.75, 3.05) is 0 Å². The van der Waals surface area contributed by atoms with E-state index in [4.69, 9.17) is 0 Å². The summed E-state index contributed by atoms with van der Waals surface area (Å²) in [5.41, 5.74) is 0.695. The number of likely N-dealkylation sites (tertiary alicyclic amines) is 1. The molecule has 0 spiro atoms. The molecule has 4 unspecified atom stereocenters. The Labute approximate surface area is 103 Å². The second kappa shape index (κ2) is 4.01. The molecular formula is C15H31N. The van der Waals surface area contributed by atoms with E-state index in [1.54, 1.807) is 0 Å². The predicted molar refractivity (Wildman–Crippen MR) is 72.6 cm³/mol. The van der Waals surface area contributed by atoms with Gasteiger partial charge in [-0.3, -0.25) is 4.90 Å². The highest BCUT2D eigenvalue weighted by Gasteiger charge is 2.50. The maximum Gasteiger partial charge on any atom is 0.0130 e. The van der Waals surface area contributed by atoms with E-state index in [0.717, 1.165) is 11.8 Å². The Balaban J connectivity index is 3.04. The van der Waals surface area contributed by atoms with Gasteiger partial charge in [-0.2, -0.15) is 0 Å². The summed E-state index contributed by atoms with van der Waals surface area (Å²) < 4.78 is 0. The van der Waals surface area contributed by atoms with E-state index in [0.29, 0.717) is 17.5 Å². The Hall–Kier alpha value is -0.0400. The van der Waals surface area contributed by atoms with Gasteiger partial charge in [-0.25, -0.2) is 0 Å². The first-order chi connectivity index (χ1) is 6.98. The molecule has 0 radical (unpaired) electrons. The maximum absolute atomic E-state index is 2.72. The van der Waals surface area contributed by atoms with Crippen molar-refractivity contribution in [1.82, 2.24) is 4.90 Å². The number of nitrogens with zero attached hydrogens (tertiary/aromatic N) is 1. The fourth-order valence-corrected chi connectivity index (χ4v) is 4.27. The van der Waals surface area contributed by atoms with Gasteiger partial charge in [0, 0.05) is 17.6 Å². The van der Waals surface area contributed by atoms with Crippen molar-refractivity contribution in [2.24, 2.45) is 17.3 Å². The van der Waals surface area contributed by atoms with Gasteiger partial charge in [-0.15, -0.1) is 0 Å². The van der Waals surface area contributed by atoms with Gasteiger partial charge in [0.1, 0.15) is 0 Å². The number of hydrogen-bond acceptors (Lipinski definition) is 1. The zero-order valence-corrected chi connectivity index (χ0v) is 12.8. The minimum absolute atomic E-state index is 0.285. The lowest BCUT2D eigenvalue weighted by molar-refractivity contribution is 0.0674. The van der Waals surface area contributed by atoms with Crippen LogP contribution in [0.1, 0.15) is 62.3 Å². The third-order valence-electron chi connectivity index (χ3n) is 4.50. The van der Waals surface area contributed by atoms with E-state index < -0.39 is 0 Å². The van der Waals surface area contributed by atoms with Crippen LogP contribution >= 0.6 is 0 Å². The molecule has 1 heteroatoms. The van der Waals surface area contributed by atoms with Crippen LogP contribution in [0.4, 0.5) is 0 Å². The monoisotopic (exact) mass is 225 g/mol. The van der Waals surface area contributed by atoms with Crippen LogP contribution in [0.15, 0.2) is 0 Å². The molecule has 1 heterocycles. The van der Waals surface area contributed by atoms with E-state index in [2.05, 4.69) is 67.2 Å². The third-order valence-corrected chi connectivity index (χ3v) is 4.50. The van der Waals surface area contributed by atoms with E-state index in [1.165, 1.54) is 0 Å². The summed E-state index contributed by atoms with van der Waals surface area (Å²) in [6.45, 7) is 21.5. The minimum atomic E-state index is 0.285. The average molecular weight is 225 g/mol. The predicted octanol–water partition coefficient (Wildman–Crippen LogP) is 4.18. The Kier molecular flexibility index (Phi) is 3.52. The quantitative estimate of drug-likeness (QED) is 0.598. The zero-order valence-electron chi connectivity index (χ0n) is 12.8. The summed E-state index contributed by atoms with van der Waals surface area (Å²) >= 11 is 0. The van der Waals surface area contributed by atoms with Crippen LogP contribution in [0.5, 0.6) is 0 Å². The second-order valence-corrected chi connectivity index (χ2v) is 7.81. The molecule has 0 N–H and O–H groups in total. The molecule has 0 aromatic heterocycles. The van der Waals surface area contributed by atoms with Gasteiger partial charge in [0.05, 0.1) is 0 Å². The molecule has 0 bridgehead atoms. The normalized spacial score (nSPS) is 38.1. The van der Waals surface area contributed by atoms with Gasteiger partial charge in [0.15, 0.2) is 0 Å². The fourth-order valence-electron chi connectivity index (χ4n) is 4.27. The maximum atomic E-state index is 2.72. The van der Waals surface area contributed by atoms with Crippen molar-refractivity contribution < 1.29 is 0 Å². The summed E-state index contributed by atoms with van der Waals surface area (Å²) in [6, 6.07) is 1.38. The largest absolute Gasteiger partial charge is 0.293 e. The second-order valence-electron chi connectivity index (χ2n) is 7.81. The van der Waals surface area contributed by atoms with Crippen molar-refractivity contribution in [3.63, 3.8) is 0 Å². The highest BCUT2D eigenvalue weighted by Crippen LogP contribution is 2.47. The third kappa shape index (κ3) is 2.30. The Morgan fingerprint density at radius 1 is 0.750 bits per heavy atom. The van der Waals surface area contributed by atoms with Crippen molar-refractivity contribution in [3.05, 3.63) is 0 Å². The fraction of sp³-hybridized carbons (Fsp3) is 1.00. The SMILES string of the molecule is CC1C(C)N(C(C)(C)C)C(C)C1C(C)(C)C. The first-order valence-electron chi connectivity index (χ1n) is 6.76. The van der Waals surface area contributed by atoms with Gasteiger partial charge < -0.3 is 0 Å². The molecule has 0 aromatic carbocycles. The van der Waals surface area contributed by atoms with Crippen LogP contribution in [0.3, 0.4) is 0 Å². The van der Waals surface area contributed by atoms with E-state index in [-0.39, 0.29) is 5.54 Å². The Morgan fingerprint density at radius 2 is 1.19 bits per heavy atom. The molecule has 1 nitrogen and oxygen atoms in total. The molecule has 1 saturated heterocycles. The van der Waals surface area contributed by atoms with Crippen molar-refractivity contribution in [3.8, 4) is 0 Å². The van der Waals surface area contributed by atoms with Gasteiger partial charge in [0.2, 0.25) is 0 Å². The van der Waals surface area contributed by atoms with Crippen molar-refractivity contribution in [1.29, 1.82) is 0 Å². The van der Waals surface area contributed by atoms with Crippen LogP contribution in [-0.2, 0) is 0 Å². The molecule has 1 rings (SSSR count). The highest BCUT2D eigenvalue weighted by molar-refractivity contribution is 5.02. The van der Waals surface area contributed by atoms with Crippen LogP contribution in [0, 0.1) is 17.3 Å². The van der Waals surface area contributed by atoms with Crippen molar-refractivity contribution in [2.45, 2.75) is 79.9 Å². The summed E-state index contributed by atoms with van der Waals surface area (Å²) in [7, 11) is 0. The standard InChI is InChI=1S/C15H31N/c1-10-11(2)16(15(7,8)9)12(3)13(10)14(4,5)6/h10-13H,1-9H3. The lowest BCUT2D eigenvalue weighted by atomic mass is 9.71. The molecule has 1 fully saturated rings. The van der Waals surface area contributed by atoms with Gasteiger partial charge >= 0.3 is 0 Å². The molecule has 1 aliphatic rings. The lowest BCUT2D eigenvalue weighted by Gasteiger charge is -2.41. The van der Waals surface area contributed by atoms with E-state index in [1.807, 2.05) is 0 Å². The minimum Gasteiger partial charge on any atom is -0.293 e. The van der Waals surface area contributed by atoms with Crippen LogP contribution in [0.25, 0.3) is 0 Å². The molecule has 16 heavy (non-hydrogen) atoms. The van der Waals surface area contributed by atoms with Crippen LogP contribution < -0.4 is 0 Å². The summed E-state index contributed by atoms with van der Waals surface area (Å²) in [4.78, 5) is 2.72. The molecule has 0 saturated carbocycles. The van der Waals surface area contributed by atoms with Crippen LogP contribution in [0.2, 0.25) is 0 Å². The van der Waals surface area contributed by atoms with Gasteiger partial charge in [0.25, 0.3) is 0 Å². The summed E-state index contributed by atoms with van der Waals surface area (Å²) in [5, 5.41) is 0. The van der Waals surface area contributed by atoms with Crippen molar-refractivity contribution >= 4 is 0 Å². The molecule has 4 atom stereocenters. The smallest absolute Gasteiger partial charge is 0.0130 e. The first kappa shape index (κ1) is 14.0. The lowest BCUT2D eigenvalue weighted by Crippen LogP contribution is -2.48. The van der Waals surface area contributed by atoms with Gasteiger partial charge in [-0.1, -0.05) is 27.7 Å². The zero-order chi connectivity index (χ0) is 12.9. The Bertz CT molecular complexity index is 217. The molecule has 1 aliphatic heterocycles. The molecule has 0 aromatic rings. The summed E-state index contributed by atoms with van der Waals surface area (Å²) in [5.74, 6) is 1.58. The topological polar surface area (TPSA) is 3.24 Å². The van der Waals surface area contributed by atoms with Gasteiger partial charge in [-0.05, 0) is 51.9 Å². The summed E-state index contributed by atoms with van der Waals surface area (Å²) in [6.07, 6.45) is 0.